The second kappa shape index (κ2) is 9.55. The predicted molar refractivity (Wildman–Crippen MR) is 133 cm³/mol. The Kier molecular flexibility index (Phi) is 7.31. The van der Waals surface area contributed by atoms with E-state index in [9.17, 15) is 4.79 Å². The molecular formula is C30H50O2. The number of ketones is 1. The monoisotopic (exact) mass is 442 g/mol. The topological polar surface area (TPSA) is 26.3 Å². The maximum absolute atomic E-state index is 11.4. The van der Waals surface area contributed by atoms with E-state index >= 15 is 0 Å². The number of allylic oxidation sites excluding steroid dienone is 1. The van der Waals surface area contributed by atoms with Gasteiger partial charge in [0.15, 0.2) is 5.78 Å². The minimum atomic E-state index is 0.150. The molecule has 0 aliphatic heterocycles. The molecule has 3 saturated carbocycles. The normalized spacial score (nSPS) is 42.1. The third kappa shape index (κ3) is 4.51. The molecule has 4 aliphatic carbocycles. The third-order valence-electron chi connectivity index (χ3n) is 10.8. The van der Waals surface area contributed by atoms with Crippen molar-refractivity contribution in [2.75, 3.05) is 6.61 Å². The number of rotatable bonds is 8. The number of carbonyl (C=O) groups excluding carboxylic acids is 1. The molecule has 2 heteroatoms. The number of hydrogen-bond acceptors (Lipinski definition) is 2. The third-order valence-corrected chi connectivity index (χ3v) is 10.8. The van der Waals surface area contributed by atoms with E-state index < -0.39 is 0 Å². The summed E-state index contributed by atoms with van der Waals surface area (Å²) in [5, 5.41) is 0. The van der Waals surface area contributed by atoms with E-state index in [-0.39, 0.29) is 18.5 Å². The van der Waals surface area contributed by atoms with Gasteiger partial charge >= 0.3 is 0 Å². The Hall–Kier alpha value is -0.630. The van der Waals surface area contributed by atoms with Gasteiger partial charge < -0.3 is 4.74 Å². The second-order valence-electron chi connectivity index (χ2n) is 13.2. The maximum atomic E-state index is 11.4. The predicted octanol–water partition coefficient (Wildman–Crippen LogP) is 8.00. The minimum absolute atomic E-state index is 0.150. The minimum Gasteiger partial charge on any atom is -0.370 e. The van der Waals surface area contributed by atoms with Gasteiger partial charge in [-0.2, -0.15) is 0 Å². The molecule has 4 aliphatic rings. The van der Waals surface area contributed by atoms with Crippen LogP contribution >= 0.6 is 0 Å². The van der Waals surface area contributed by atoms with Gasteiger partial charge in [0.2, 0.25) is 0 Å². The number of fused-ring (bicyclic) bond motifs is 5. The van der Waals surface area contributed by atoms with E-state index in [2.05, 4.69) is 40.7 Å². The van der Waals surface area contributed by atoms with Crippen LogP contribution in [0.4, 0.5) is 0 Å². The highest BCUT2D eigenvalue weighted by atomic mass is 16.5. The molecule has 182 valence electrons. The van der Waals surface area contributed by atoms with E-state index in [1.54, 1.807) is 12.5 Å². The van der Waals surface area contributed by atoms with Crippen molar-refractivity contribution in [1.29, 1.82) is 0 Å². The fourth-order valence-corrected chi connectivity index (χ4v) is 9.03. The van der Waals surface area contributed by atoms with E-state index in [1.165, 1.54) is 57.8 Å². The molecule has 0 aromatic carbocycles. The van der Waals surface area contributed by atoms with Gasteiger partial charge in [-0.3, -0.25) is 4.79 Å². The highest BCUT2D eigenvalue weighted by molar-refractivity contribution is 5.76. The molecule has 0 amide bonds. The summed E-state index contributed by atoms with van der Waals surface area (Å²) in [5.74, 6) is 5.51. The second-order valence-corrected chi connectivity index (χ2v) is 13.2. The quantitative estimate of drug-likeness (QED) is 0.356. The largest absolute Gasteiger partial charge is 0.370 e. The van der Waals surface area contributed by atoms with Gasteiger partial charge in [0.1, 0.15) is 6.61 Å². The van der Waals surface area contributed by atoms with Gasteiger partial charge in [-0.05, 0) is 105 Å². The summed E-state index contributed by atoms with van der Waals surface area (Å²) in [6.07, 6.45) is 17.7. The molecular weight excluding hydrogens is 392 g/mol. The van der Waals surface area contributed by atoms with Crippen LogP contribution in [0.3, 0.4) is 0 Å². The molecule has 0 saturated heterocycles. The summed E-state index contributed by atoms with van der Waals surface area (Å²) < 4.78 is 5.96. The van der Waals surface area contributed by atoms with Crippen LogP contribution in [-0.4, -0.2) is 18.5 Å². The van der Waals surface area contributed by atoms with Crippen LogP contribution in [0.15, 0.2) is 11.6 Å². The fraction of sp³-hybridized carbons (Fsp3) is 0.900. The summed E-state index contributed by atoms with van der Waals surface area (Å²) >= 11 is 0. The number of carbonyl (C=O) groups is 1. The molecule has 4 rings (SSSR count). The van der Waals surface area contributed by atoms with Crippen molar-refractivity contribution < 1.29 is 9.53 Å². The van der Waals surface area contributed by atoms with Crippen molar-refractivity contribution >= 4 is 5.78 Å². The molecule has 0 aromatic rings. The van der Waals surface area contributed by atoms with Crippen LogP contribution in [0.25, 0.3) is 0 Å². The Morgan fingerprint density at radius 3 is 2.56 bits per heavy atom. The standard InChI is InChI=1S/C30H50O2/c1-20(2)8-7-9-21(3)26-12-13-27-25-11-10-23-18-24(32-19-22(4)31)14-16-29(23,5)28(25)15-17-30(26,27)6/h10,20-21,24-28H,7-9,11-19H2,1-6H3/t21-,24+,25+,26-,27+,28+,29+,30-/m1/s1. The van der Waals surface area contributed by atoms with Crippen LogP contribution < -0.4 is 0 Å². The van der Waals surface area contributed by atoms with Crippen molar-refractivity contribution in [2.24, 2.45) is 46.3 Å². The first kappa shape index (κ1) is 24.5. The lowest BCUT2D eigenvalue weighted by molar-refractivity contribution is -0.124. The van der Waals surface area contributed by atoms with Crippen molar-refractivity contribution in [3.05, 3.63) is 11.6 Å². The zero-order chi connectivity index (χ0) is 23.1. The van der Waals surface area contributed by atoms with Crippen molar-refractivity contribution in [2.45, 2.75) is 118 Å². The zero-order valence-corrected chi connectivity index (χ0v) is 21.9. The number of hydrogen-bond donors (Lipinski definition) is 0. The maximum Gasteiger partial charge on any atom is 0.155 e. The summed E-state index contributed by atoms with van der Waals surface area (Å²) in [6, 6.07) is 0. The van der Waals surface area contributed by atoms with Gasteiger partial charge in [0.25, 0.3) is 0 Å². The average Bonchev–Trinajstić information content (AvgIpc) is 3.09. The Morgan fingerprint density at radius 1 is 1.06 bits per heavy atom. The van der Waals surface area contributed by atoms with Gasteiger partial charge in [-0.25, -0.2) is 0 Å². The number of ether oxygens (including phenoxy) is 1. The van der Waals surface area contributed by atoms with E-state index in [0.717, 1.165) is 48.3 Å². The van der Waals surface area contributed by atoms with E-state index in [4.69, 9.17) is 4.74 Å². The summed E-state index contributed by atoms with van der Waals surface area (Å²) in [4.78, 5) is 11.4. The van der Waals surface area contributed by atoms with Gasteiger partial charge in [0, 0.05) is 0 Å². The van der Waals surface area contributed by atoms with Gasteiger partial charge in [0.05, 0.1) is 6.10 Å². The summed E-state index contributed by atoms with van der Waals surface area (Å²) in [6.45, 7) is 14.5. The lowest BCUT2D eigenvalue weighted by atomic mass is 9.47. The van der Waals surface area contributed by atoms with Crippen LogP contribution in [-0.2, 0) is 9.53 Å². The first-order chi connectivity index (χ1) is 15.1. The van der Waals surface area contributed by atoms with Gasteiger partial charge in [-0.1, -0.05) is 65.5 Å². The Labute approximate surface area is 198 Å². The van der Waals surface area contributed by atoms with Crippen LogP contribution in [0.1, 0.15) is 112 Å². The van der Waals surface area contributed by atoms with Crippen molar-refractivity contribution in [1.82, 2.24) is 0 Å². The number of Topliss-reactive ketones (excluding diaryl/α,β-unsaturated/α-hetero) is 1. The SMILES string of the molecule is CC(=O)CO[C@H]1CC[C@@]2(C)C(=CC[C@H]3[C@@H]4CC[C@H]([C@H](C)CCCC(C)C)[C@@]4(C)CC[C@@H]32)C1. The molecule has 0 N–H and O–H groups in total. The molecule has 32 heavy (non-hydrogen) atoms. The van der Waals surface area contributed by atoms with Crippen LogP contribution in [0.2, 0.25) is 0 Å². The summed E-state index contributed by atoms with van der Waals surface area (Å²) in [5.41, 5.74) is 2.61. The first-order valence-corrected chi connectivity index (χ1v) is 14.0. The highest BCUT2D eigenvalue weighted by Gasteiger charge is 2.59. The first-order valence-electron chi connectivity index (χ1n) is 14.0. The summed E-state index contributed by atoms with van der Waals surface area (Å²) in [7, 11) is 0. The smallest absolute Gasteiger partial charge is 0.155 e. The average molecular weight is 443 g/mol. The lowest BCUT2D eigenvalue weighted by Crippen LogP contribution is -2.51. The van der Waals surface area contributed by atoms with Crippen LogP contribution in [0.5, 0.6) is 0 Å². The Bertz CT molecular complexity index is 708. The zero-order valence-electron chi connectivity index (χ0n) is 21.9. The van der Waals surface area contributed by atoms with Crippen LogP contribution in [0, 0.1) is 46.3 Å². The van der Waals surface area contributed by atoms with Crippen molar-refractivity contribution in [3.63, 3.8) is 0 Å². The highest BCUT2D eigenvalue weighted by Crippen LogP contribution is 2.67. The molecule has 0 bridgehead atoms. The molecule has 8 atom stereocenters. The molecule has 2 nitrogen and oxygen atoms in total. The molecule has 3 fully saturated rings. The molecule has 0 spiro atoms. The lowest BCUT2D eigenvalue weighted by Gasteiger charge is -2.58. The van der Waals surface area contributed by atoms with E-state index in [0.29, 0.717) is 10.8 Å². The molecule has 0 unspecified atom stereocenters. The fourth-order valence-electron chi connectivity index (χ4n) is 9.03. The molecule has 0 heterocycles. The van der Waals surface area contributed by atoms with Crippen molar-refractivity contribution in [3.8, 4) is 0 Å². The van der Waals surface area contributed by atoms with Gasteiger partial charge in [-0.15, -0.1) is 0 Å². The van der Waals surface area contributed by atoms with E-state index in [1.807, 2.05) is 0 Å². The Morgan fingerprint density at radius 2 is 1.84 bits per heavy atom. The molecule has 0 aromatic heterocycles. The Balaban J connectivity index is 1.44. The molecule has 0 radical (unpaired) electrons.